The standard InChI is InChI=1S/C14H19FN2O4S/c1-11-10-12(4-5-13(11)15)22(19,20)17-7-3-6-16(8-9-17)14(18)21-2/h4-5,10H,3,6-9H2,1-2H3. The highest BCUT2D eigenvalue weighted by Crippen LogP contribution is 2.20. The van der Waals surface area contributed by atoms with Gasteiger partial charge >= 0.3 is 6.09 Å². The van der Waals surface area contributed by atoms with Crippen LogP contribution in [0.4, 0.5) is 9.18 Å². The Morgan fingerprint density at radius 1 is 1.23 bits per heavy atom. The fraction of sp³-hybridized carbons (Fsp3) is 0.500. The van der Waals surface area contributed by atoms with Crippen LogP contribution in [0.2, 0.25) is 0 Å². The number of nitrogens with zero attached hydrogens (tertiary/aromatic N) is 2. The number of sulfonamides is 1. The van der Waals surface area contributed by atoms with Gasteiger partial charge in [-0.05, 0) is 37.1 Å². The second-order valence-electron chi connectivity index (χ2n) is 5.13. The Morgan fingerprint density at radius 2 is 1.95 bits per heavy atom. The Bertz CT molecular complexity index is 663. The lowest BCUT2D eigenvalue weighted by Gasteiger charge is -2.21. The molecule has 8 heteroatoms. The zero-order valence-corrected chi connectivity index (χ0v) is 13.4. The van der Waals surface area contributed by atoms with E-state index in [1.54, 1.807) is 0 Å². The number of methoxy groups -OCH3 is 1. The molecule has 0 radical (unpaired) electrons. The Morgan fingerprint density at radius 3 is 2.59 bits per heavy atom. The molecular weight excluding hydrogens is 311 g/mol. The number of halogens is 1. The highest BCUT2D eigenvalue weighted by molar-refractivity contribution is 7.89. The van der Waals surface area contributed by atoms with Crippen molar-refractivity contribution in [3.05, 3.63) is 29.6 Å². The van der Waals surface area contributed by atoms with Gasteiger partial charge < -0.3 is 9.64 Å². The number of benzene rings is 1. The maximum Gasteiger partial charge on any atom is 0.409 e. The first kappa shape index (κ1) is 16.7. The maximum atomic E-state index is 13.3. The number of amides is 1. The van der Waals surface area contributed by atoms with Gasteiger partial charge in [0.15, 0.2) is 0 Å². The molecule has 22 heavy (non-hydrogen) atoms. The van der Waals surface area contributed by atoms with Crippen molar-refractivity contribution in [3.63, 3.8) is 0 Å². The third-order valence-electron chi connectivity index (χ3n) is 3.65. The fourth-order valence-corrected chi connectivity index (χ4v) is 3.93. The summed E-state index contributed by atoms with van der Waals surface area (Å²) in [5.41, 5.74) is 0.284. The SMILES string of the molecule is COC(=O)N1CCCN(S(=O)(=O)c2ccc(F)c(C)c2)CC1. The van der Waals surface area contributed by atoms with Gasteiger partial charge in [0.25, 0.3) is 0 Å². The van der Waals surface area contributed by atoms with Gasteiger partial charge in [0, 0.05) is 26.2 Å². The quantitative estimate of drug-likeness (QED) is 0.826. The summed E-state index contributed by atoms with van der Waals surface area (Å²) in [5, 5.41) is 0. The molecule has 1 saturated heterocycles. The summed E-state index contributed by atoms with van der Waals surface area (Å²) in [7, 11) is -2.40. The lowest BCUT2D eigenvalue weighted by molar-refractivity contribution is 0.126. The molecule has 6 nitrogen and oxygen atoms in total. The Labute approximate surface area is 129 Å². The third kappa shape index (κ3) is 3.38. The highest BCUT2D eigenvalue weighted by Gasteiger charge is 2.28. The van der Waals surface area contributed by atoms with Crippen LogP contribution in [0.25, 0.3) is 0 Å². The molecule has 1 fully saturated rings. The van der Waals surface area contributed by atoms with Crippen LogP contribution in [0, 0.1) is 12.7 Å². The van der Waals surface area contributed by atoms with Crippen LogP contribution in [0.3, 0.4) is 0 Å². The summed E-state index contributed by atoms with van der Waals surface area (Å²) < 4.78 is 44.5. The van der Waals surface area contributed by atoms with Crippen molar-refractivity contribution < 1.29 is 22.3 Å². The van der Waals surface area contributed by atoms with E-state index in [1.165, 1.54) is 35.4 Å². The molecule has 0 N–H and O–H groups in total. The zero-order valence-electron chi connectivity index (χ0n) is 12.6. The normalized spacial score (nSPS) is 17.1. The average Bonchev–Trinajstić information content (AvgIpc) is 2.75. The molecule has 1 amide bonds. The van der Waals surface area contributed by atoms with Gasteiger partial charge in [-0.25, -0.2) is 17.6 Å². The van der Waals surface area contributed by atoms with Crippen LogP contribution >= 0.6 is 0 Å². The molecule has 1 aliphatic heterocycles. The minimum absolute atomic E-state index is 0.0675. The van der Waals surface area contributed by atoms with Gasteiger partial charge in [0.05, 0.1) is 12.0 Å². The third-order valence-corrected chi connectivity index (χ3v) is 5.55. The largest absolute Gasteiger partial charge is 0.453 e. The predicted molar refractivity (Wildman–Crippen MR) is 78.5 cm³/mol. The first-order valence-corrected chi connectivity index (χ1v) is 8.39. The second kappa shape index (κ2) is 6.62. The van der Waals surface area contributed by atoms with Gasteiger partial charge in [0.2, 0.25) is 10.0 Å². The van der Waals surface area contributed by atoms with Crippen LogP contribution in [-0.4, -0.2) is 57.0 Å². The van der Waals surface area contributed by atoms with Crippen LogP contribution in [0.1, 0.15) is 12.0 Å². The number of aryl methyl sites for hydroxylation is 1. The van der Waals surface area contributed by atoms with Crippen LogP contribution in [-0.2, 0) is 14.8 Å². The van der Waals surface area contributed by atoms with Crippen molar-refractivity contribution in [2.45, 2.75) is 18.2 Å². The van der Waals surface area contributed by atoms with Crippen LogP contribution in [0.15, 0.2) is 23.1 Å². The summed E-state index contributed by atoms with van der Waals surface area (Å²) in [6.07, 6.45) is 0.0611. The van der Waals surface area contributed by atoms with Gasteiger partial charge in [-0.2, -0.15) is 4.31 Å². The van der Waals surface area contributed by atoms with E-state index in [4.69, 9.17) is 0 Å². The maximum absolute atomic E-state index is 13.3. The number of rotatable bonds is 2. The summed E-state index contributed by atoms with van der Waals surface area (Å²) in [6.45, 7) is 2.74. The topological polar surface area (TPSA) is 66.9 Å². The molecule has 122 valence electrons. The number of ether oxygens (including phenoxy) is 1. The minimum atomic E-state index is -3.69. The Hall–Kier alpha value is -1.67. The molecule has 0 atom stereocenters. The van der Waals surface area contributed by atoms with Gasteiger partial charge in [-0.1, -0.05) is 0 Å². The summed E-state index contributed by atoms with van der Waals surface area (Å²) in [4.78, 5) is 13.1. The number of hydrogen-bond acceptors (Lipinski definition) is 4. The van der Waals surface area contributed by atoms with Crippen molar-refractivity contribution in [2.75, 3.05) is 33.3 Å². The summed E-state index contributed by atoms with van der Waals surface area (Å²) in [6, 6.07) is 3.75. The predicted octanol–water partition coefficient (Wildman–Crippen LogP) is 1.60. The summed E-state index contributed by atoms with van der Waals surface area (Å²) >= 11 is 0. The fourth-order valence-electron chi connectivity index (χ4n) is 2.37. The Balaban J connectivity index is 2.19. The van der Waals surface area contributed by atoms with E-state index in [9.17, 15) is 17.6 Å². The molecular formula is C14H19FN2O4S. The van der Waals surface area contributed by atoms with E-state index in [2.05, 4.69) is 4.74 Å². The lowest BCUT2D eigenvalue weighted by atomic mass is 10.2. The molecule has 0 aromatic heterocycles. The zero-order chi connectivity index (χ0) is 16.3. The van der Waals surface area contributed by atoms with Crippen LogP contribution in [0.5, 0.6) is 0 Å². The smallest absolute Gasteiger partial charge is 0.409 e. The van der Waals surface area contributed by atoms with Crippen molar-refractivity contribution in [2.24, 2.45) is 0 Å². The molecule has 0 unspecified atom stereocenters. The molecule has 0 saturated carbocycles. The van der Waals surface area contributed by atoms with E-state index >= 15 is 0 Å². The highest BCUT2D eigenvalue weighted by atomic mass is 32.2. The van der Waals surface area contributed by atoms with E-state index in [-0.39, 0.29) is 23.5 Å². The molecule has 2 rings (SSSR count). The number of carbonyl (C=O) groups is 1. The Kier molecular flexibility index (Phi) is 5.02. The molecule has 0 spiro atoms. The molecule has 1 aliphatic rings. The van der Waals surface area contributed by atoms with Crippen molar-refractivity contribution in [1.29, 1.82) is 0 Å². The van der Waals surface area contributed by atoms with Crippen molar-refractivity contribution in [1.82, 2.24) is 9.21 Å². The van der Waals surface area contributed by atoms with E-state index in [1.807, 2.05) is 0 Å². The van der Waals surface area contributed by atoms with Crippen molar-refractivity contribution in [3.8, 4) is 0 Å². The number of carbonyl (C=O) groups excluding carboxylic acids is 1. The molecule has 0 bridgehead atoms. The van der Waals surface area contributed by atoms with E-state index in [0.29, 0.717) is 19.5 Å². The number of hydrogen-bond donors (Lipinski definition) is 0. The molecule has 1 aromatic carbocycles. The summed E-state index contributed by atoms with van der Waals surface area (Å²) in [5.74, 6) is -0.438. The molecule has 1 heterocycles. The van der Waals surface area contributed by atoms with Gasteiger partial charge in [0.1, 0.15) is 5.82 Å². The second-order valence-corrected chi connectivity index (χ2v) is 7.06. The van der Waals surface area contributed by atoms with E-state index < -0.39 is 21.9 Å². The van der Waals surface area contributed by atoms with Gasteiger partial charge in [-0.3, -0.25) is 0 Å². The molecule has 1 aromatic rings. The van der Waals surface area contributed by atoms with E-state index in [0.717, 1.165) is 6.07 Å². The lowest BCUT2D eigenvalue weighted by Crippen LogP contribution is -2.37. The monoisotopic (exact) mass is 330 g/mol. The average molecular weight is 330 g/mol. The first-order valence-electron chi connectivity index (χ1n) is 6.95. The minimum Gasteiger partial charge on any atom is -0.453 e. The van der Waals surface area contributed by atoms with Gasteiger partial charge in [-0.15, -0.1) is 0 Å². The van der Waals surface area contributed by atoms with Crippen molar-refractivity contribution >= 4 is 16.1 Å². The first-order chi connectivity index (χ1) is 10.4. The van der Waals surface area contributed by atoms with Crippen LogP contribution < -0.4 is 0 Å². The molecule has 0 aliphatic carbocycles.